The molecule has 1 aliphatic carbocycles. The van der Waals surface area contributed by atoms with Crippen LogP contribution in [0.15, 0.2) is 0 Å². The Labute approximate surface area is 98.9 Å². The maximum absolute atomic E-state index is 4.77. The summed E-state index contributed by atoms with van der Waals surface area (Å²) < 4.78 is 0. The number of fused-ring (bicyclic) bond motifs is 1. The quantitative estimate of drug-likeness (QED) is 0.772. The summed E-state index contributed by atoms with van der Waals surface area (Å²) in [5, 5.41) is 0. The monoisotopic (exact) mass is 220 g/mol. The number of hydrogen-bond donors (Lipinski definition) is 1. The van der Waals surface area contributed by atoms with E-state index < -0.39 is 0 Å². The van der Waals surface area contributed by atoms with Crippen molar-refractivity contribution in [2.24, 2.45) is 17.3 Å². The van der Waals surface area contributed by atoms with Crippen molar-refractivity contribution in [3.63, 3.8) is 0 Å². The van der Waals surface area contributed by atoms with Crippen LogP contribution in [-0.2, 0) is 19.3 Å². The van der Waals surface area contributed by atoms with E-state index in [-0.39, 0.29) is 0 Å². The number of aromatic nitrogens is 2. The highest BCUT2D eigenvalue weighted by Gasteiger charge is 2.25. The molecule has 0 bridgehead atoms. The Hall–Kier alpha value is -0.790. The Morgan fingerprint density at radius 2 is 1.81 bits per heavy atom. The second-order valence-electron chi connectivity index (χ2n) is 6.71. The van der Waals surface area contributed by atoms with Crippen molar-refractivity contribution in [2.45, 2.75) is 53.9 Å². The zero-order valence-electron chi connectivity index (χ0n) is 11.2. The van der Waals surface area contributed by atoms with Crippen molar-refractivity contribution in [1.82, 2.24) is 9.97 Å². The van der Waals surface area contributed by atoms with Crippen LogP contribution in [0.2, 0.25) is 0 Å². The van der Waals surface area contributed by atoms with Gasteiger partial charge in [-0.3, -0.25) is 0 Å². The molecule has 1 aliphatic rings. The van der Waals surface area contributed by atoms with E-state index in [1.54, 1.807) is 0 Å². The van der Waals surface area contributed by atoms with E-state index in [9.17, 15) is 0 Å². The average Bonchev–Trinajstić information content (AvgIpc) is 2.44. The normalized spacial score (nSPS) is 25.6. The lowest BCUT2D eigenvalue weighted by Crippen LogP contribution is -2.20. The molecule has 2 rings (SSSR count). The summed E-state index contributed by atoms with van der Waals surface area (Å²) in [5.41, 5.74) is 3.03. The van der Waals surface area contributed by atoms with Crippen LogP contribution < -0.4 is 0 Å². The zero-order chi connectivity index (χ0) is 11.9. The van der Waals surface area contributed by atoms with E-state index in [2.05, 4.69) is 39.6 Å². The van der Waals surface area contributed by atoms with Gasteiger partial charge in [-0.25, -0.2) is 4.98 Å². The third-order valence-corrected chi connectivity index (χ3v) is 3.62. The highest BCUT2D eigenvalue weighted by Crippen LogP contribution is 2.29. The molecule has 0 saturated heterocycles. The molecule has 0 amide bonds. The van der Waals surface area contributed by atoms with Gasteiger partial charge in [0.1, 0.15) is 5.82 Å². The summed E-state index contributed by atoms with van der Waals surface area (Å²) >= 11 is 0. The lowest BCUT2D eigenvalue weighted by molar-refractivity contribution is 0.355. The molecule has 2 atom stereocenters. The van der Waals surface area contributed by atoms with E-state index in [0.29, 0.717) is 5.41 Å². The Kier molecular flexibility index (Phi) is 2.85. The van der Waals surface area contributed by atoms with Crippen molar-refractivity contribution < 1.29 is 0 Å². The predicted octanol–water partition coefficient (Wildman–Crippen LogP) is 3.37. The van der Waals surface area contributed by atoms with Crippen LogP contribution in [0.3, 0.4) is 0 Å². The van der Waals surface area contributed by atoms with Crippen LogP contribution in [0, 0.1) is 17.3 Å². The summed E-state index contributed by atoms with van der Waals surface area (Å²) in [5.74, 6) is 2.74. The molecule has 0 saturated carbocycles. The Morgan fingerprint density at radius 1 is 1.19 bits per heavy atom. The molecule has 2 heteroatoms. The molecule has 1 N–H and O–H groups in total. The molecule has 1 heterocycles. The molecule has 0 aromatic carbocycles. The van der Waals surface area contributed by atoms with Crippen molar-refractivity contribution in [2.75, 3.05) is 0 Å². The first kappa shape index (κ1) is 11.7. The number of rotatable bonds is 1. The van der Waals surface area contributed by atoms with Gasteiger partial charge in [0, 0.05) is 12.1 Å². The van der Waals surface area contributed by atoms with Gasteiger partial charge < -0.3 is 4.98 Å². The van der Waals surface area contributed by atoms with Crippen molar-refractivity contribution in [3.05, 3.63) is 17.2 Å². The topological polar surface area (TPSA) is 28.7 Å². The largest absolute Gasteiger partial charge is 0.346 e. The van der Waals surface area contributed by atoms with Gasteiger partial charge in [-0.15, -0.1) is 0 Å². The lowest BCUT2D eigenvalue weighted by Gasteiger charge is -2.24. The molecular weight excluding hydrogens is 196 g/mol. The smallest absolute Gasteiger partial charge is 0.107 e. The summed E-state index contributed by atoms with van der Waals surface area (Å²) in [4.78, 5) is 8.30. The molecule has 0 radical (unpaired) electrons. The zero-order valence-corrected chi connectivity index (χ0v) is 11.2. The van der Waals surface area contributed by atoms with Crippen LogP contribution in [-0.4, -0.2) is 9.97 Å². The molecule has 0 aliphatic heterocycles. The summed E-state index contributed by atoms with van der Waals surface area (Å²) in [7, 11) is 0. The molecule has 16 heavy (non-hydrogen) atoms. The Bertz CT molecular complexity index is 343. The number of aromatic amines is 1. The van der Waals surface area contributed by atoms with Crippen LogP contribution in [0.4, 0.5) is 0 Å². The lowest BCUT2D eigenvalue weighted by atomic mass is 9.82. The van der Waals surface area contributed by atoms with Gasteiger partial charge in [0.15, 0.2) is 0 Å². The van der Waals surface area contributed by atoms with E-state index in [1.165, 1.54) is 23.6 Å². The van der Waals surface area contributed by atoms with Crippen molar-refractivity contribution >= 4 is 0 Å². The average molecular weight is 220 g/mol. The summed E-state index contributed by atoms with van der Waals surface area (Å²) in [6, 6.07) is 0. The molecule has 90 valence electrons. The van der Waals surface area contributed by atoms with E-state index in [1.807, 2.05) is 0 Å². The highest BCUT2D eigenvalue weighted by molar-refractivity contribution is 5.19. The summed E-state index contributed by atoms with van der Waals surface area (Å²) in [6.45, 7) is 11.5. The van der Waals surface area contributed by atoms with Gasteiger partial charge in [-0.05, 0) is 30.1 Å². The second-order valence-corrected chi connectivity index (χ2v) is 6.71. The highest BCUT2D eigenvalue weighted by atomic mass is 14.9. The molecule has 0 spiro atoms. The standard InChI is InChI=1S/C14H24N2/c1-9-6-11-12(7-10(9)2)16-13(15-11)8-14(3,4)5/h9-10H,6-8H2,1-5H3,(H,15,16). The fourth-order valence-corrected chi connectivity index (χ4v) is 2.46. The predicted molar refractivity (Wildman–Crippen MR) is 67.5 cm³/mol. The third kappa shape index (κ3) is 2.47. The van der Waals surface area contributed by atoms with Crippen LogP contribution in [0.25, 0.3) is 0 Å². The minimum Gasteiger partial charge on any atom is -0.346 e. The molecule has 0 fully saturated rings. The molecule has 2 nitrogen and oxygen atoms in total. The van der Waals surface area contributed by atoms with E-state index >= 15 is 0 Å². The maximum Gasteiger partial charge on any atom is 0.107 e. The number of hydrogen-bond acceptors (Lipinski definition) is 1. The number of imidazole rings is 1. The summed E-state index contributed by atoms with van der Waals surface area (Å²) in [6.07, 6.45) is 3.37. The first-order valence-corrected chi connectivity index (χ1v) is 6.42. The molecule has 1 aromatic rings. The van der Waals surface area contributed by atoms with Crippen LogP contribution in [0.5, 0.6) is 0 Å². The van der Waals surface area contributed by atoms with Gasteiger partial charge in [0.05, 0.1) is 5.69 Å². The fraction of sp³-hybridized carbons (Fsp3) is 0.786. The first-order chi connectivity index (χ1) is 7.35. The second kappa shape index (κ2) is 3.90. The first-order valence-electron chi connectivity index (χ1n) is 6.42. The van der Waals surface area contributed by atoms with Gasteiger partial charge in [0.2, 0.25) is 0 Å². The van der Waals surface area contributed by atoms with Gasteiger partial charge in [-0.1, -0.05) is 34.6 Å². The maximum atomic E-state index is 4.77. The third-order valence-electron chi connectivity index (χ3n) is 3.62. The minimum atomic E-state index is 0.317. The number of H-pyrrole nitrogens is 1. The molecule has 2 unspecified atom stereocenters. The van der Waals surface area contributed by atoms with Gasteiger partial charge >= 0.3 is 0 Å². The Morgan fingerprint density at radius 3 is 2.44 bits per heavy atom. The molecular formula is C14H24N2. The van der Waals surface area contributed by atoms with Crippen LogP contribution >= 0.6 is 0 Å². The van der Waals surface area contributed by atoms with Crippen molar-refractivity contribution in [3.8, 4) is 0 Å². The fourth-order valence-electron chi connectivity index (χ4n) is 2.46. The van der Waals surface area contributed by atoms with Crippen LogP contribution in [0.1, 0.15) is 51.8 Å². The van der Waals surface area contributed by atoms with E-state index in [4.69, 9.17) is 4.98 Å². The Balaban J connectivity index is 2.18. The number of nitrogens with zero attached hydrogens (tertiary/aromatic N) is 1. The number of nitrogens with one attached hydrogen (secondary N) is 1. The van der Waals surface area contributed by atoms with Gasteiger partial charge in [0.25, 0.3) is 0 Å². The van der Waals surface area contributed by atoms with Gasteiger partial charge in [-0.2, -0.15) is 0 Å². The minimum absolute atomic E-state index is 0.317. The van der Waals surface area contributed by atoms with Crippen molar-refractivity contribution in [1.29, 1.82) is 0 Å². The molecule has 1 aromatic heterocycles. The SMILES string of the molecule is CC1Cc2nc(CC(C)(C)C)[nH]c2CC1C. The van der Waals surface area contributed by atoms with E-state index in [0.717, 1.165) is 24.7 Å².